The first-order valence-corrected chi connectivity index (χ1v) is 7.38. The highest BCUT2D eigenvalue weighted by atomic mass is 32.2. The standard InChI is InChI=1S/C12H22N2O2S/c1-4-12(3)11(16)13-9-10(15)14(12)7-6-8-17-5-2/h4-9H2,1-3H3,(H,13,16). The Bertz CT molecular complexity index is 296. The van der Waals surface area contributed by atoms with E-state index in [0.29, 0.717) is 13.0 Å². The Morgan fingerprint density at radius 1 is 1.41 bits per heavy atom. The summed E-state index contributed by atoms with van der Waals surface area (Å²) in [6.07, 6.45) is 1.61. The molecule has 5 heteroatoms. The molecule has 0 aromatic heterocycles. The second kappa shape index (κ2) is 6.28. The van der Waals surface area contributed by atoms with Crippen molar-refractivity contribution < 1.29 is 9.59 Å². The number of thioether (sulfide) groups is 1. The SMILES string of the molecule is CCSCCCN1C(=O)CNC(=O)C1(C)CC. The number of nitrogens with one attached hydrogen (secondary N) is 1. The van der Waals surface area contributed by atoms with E-state index in [1.807, 2.05) is 25.6 Å². The molecule has 1 aliphatic heterocycles. The summed E-state index contributed by atoms with van der Waals surface area (Å²) in [6.45, 7) is 6.76. The molecular formula is C12H22N2O2S. The van der Waals surface area contributed by atoms with Crippen molar-refractivity contribution in [2.24, 2.45) is 0 Å². The fourth-order valence-electron chi connectivity index (χ4n) is 2.03. The van der Waals surface area contributed by atoms with Crippen LogP contribution >= 0.6 is 11.8 Å². The second-order valence-electron chi connectivity index (χ2n) is 4.41. The Kier molecular flexibility index (Phi) is 5.31. The summed E-state index contributed by atoms with van der Waals surface area (Å²) in [7, 11) is 0. The highest BCUT2D eigenvalue weighted by molar-refractivity contribution is 7.99. The van der Waals surface area contributed by atoms with Gasteiger partial charge in [0.1, 0.15) is 5.54 Å². The lowest BCUT2D eigenvalue weighted by molar-refractivity contribution is -0.152. The maximum absolute atomic E-state index is 11.9. The van der Waals surface area contributed by atoms with E-state index in [2.05, 4.69) is 12.2 Å². The number of nitrogens with zero attached hydrogens (tertiary/aromatic N) is 1. The van der Waals surface area contributed by atoms with Crippen molar-refractivity contribution in [2.45, 2.75) is 39.2 Å². The van der Waals surface area contributed by atoms with E-state index in [0.717, 1.165) is 17.9 Å². The van der Waals surface area contributed by atoms with Crippen LogP contribution in [0.25, 0.3) is 0 Å². The third kappa shape index (κ3) is 3.15. The Labute approximate surface area is 108 Å². The molecule has 1 heterocycles. The molecule has 17 heavy (non-hydrogen) atoms. The first-order valence-electron chi connectivity index (χ1n) is 6.22. The minimum atomic E-state index is -0.661. The number of carbonyl (C=O) groups is 2. The van der Waals surface area contributed by atoms with Crippen LogP contribution in [0.3, 0.4) is 0 Å². The predicted molar refractivity (Wildman–Crippen MR) is 71.0 cm³/mol. The Hall–Kier alpha value is -0.710. The monoisotopic (exact) mass is 258 g/mol. The first-order chi connectivity index (χ1) is 8.06. The van der Waals surface area contributed by atoms with E-state index in [1.54, 1.807) is 4.90 Å². The van der Waals surface area contributed by atoms with Crippen LogP contribution in [-0.2, 0) is 9.59 Å². The topological polar surface area (TPSA) is 49.4 Å². The van der Waals surface area contributed by atoms with Crippen LogP contribution in [0.4, 0.5) is 0 Å². The van der Waals surface area contributed by atoms with E-state index >= 15 is 0 Å². The lowest BCUT2D eigenvalue weighted by atomic mass is 9.92. The van der Waals surface area contributed by atoms with Crippen molar-refractivity contribution in [1.29, 1.82) is 0 Å². The number of hydrogen-bond donors (Lipinski definition) is 1. The Morgan fingerprint density at radius 2 is 2.12 bits per heavy atom. The first kappa shape index (κ1) is 14.4. The maximum Gasteiger partial charge on any atom is 0.246 e. The van der Waals surface area contributed by atoms with Crippen LogP contribution < -0.4 is 5.32 Å². The van der Waals surface area contributed by atoms with E-state index < -0.39 is 5.54 Å². The normalized spacial score (nSPS) is 25.0. The zero-order valence-corrected chi connectivity index (χ0v) is 11.7. The summed E-state index contributed by atoms with van der Waals surface area (Å²) in [5, 5.41) is 2.67. The van der Waals surface area contributed by atoms with Crippen LogP contribution in [0.15, 0.2) is 0 Å². The van der Waals surface area contributed by atoms with Crippen molar-refractivity contribution in [3.05, 3.63) is 0 Å². The lowest BCUT2D eigenvalue weighted by Crippen LogP contribution is -2.65. The van der Waals surface area contributed by atoms with Crippen molar-refractivity contribution >= 4 is 23.6 Å². The molecule has 1 saturated heterocycles. The summed E-state index contributed by atoms with van der Waals surface area (Å²) in [6, 6.07) is 0. The van der Waals surface area contributed by atoms with Crippen LogP contribution in [0.1, 0.15) is 33.6 Å². The number of hydrogen-bond acceptors (Lipinski definition) is 3. The summed E-state index contributed by atoms with van der Waals surface area (Å²) < 4.78 is 0. The van der Waals surface area contributed by atoms with Gasteiger partial charge in [0.15, 0.2) is 0 Å². The predicted octanol–water partition coefficient (Wildman–Crippen LogP) is 1.26. The van der Waals surface area contributed by atoms with Gasteiger partial charge in [0.25, 0.3) is 0 Å². The highest BCUT2D eigenvalue weighted by Crippen LogP contribution is 2.23. The van der Waals surface area contributed by atoms with E-state index in [9.17, 15) is 9.59 Å². The number of rotatable bonds is 6. The van der Waals surface area contributed by atoms with Crippen molar-refractivity contribution in [3.63, 3.8) is 0 Å². The molecule has 1 aliphatic rings. The van der Waals surface area contributed by atoms with E-state index in [-0.39, 0.29) is 18.4 Å². The molecule has 1 atom stereocenters. The molecule has 0 aliphatic carbocycles. The van der Waals surface area contributed by atoms with Gasteiger partial charge in [0, 0.05) is 6.54 Å². The minimum Gasteiger partial charge on any atom is -0.345 e. The molecule has 2 amide bonds. The Morgan fingerprint density at radius 3 is 2.71 bits per heavy atom. The molecule has 0 spiro atoms. The number of carbonyl (C=O) groups excluding carboxylic acids is 2. The van der Waals surface area contributed by atoms with Crippen LogP contribution in [0.2, 0.25) is 0 Å². The average molecular weight is 258 g/mol. The zero-order valence-electron chi connectivity index (χ0n) is 10.9. The van der Waals surface area contributed by atoms with Gasteiger partial charge in [-0.15, -0.1) is 0 Å². The summed E-state index contributed by atoms with van der Waals surface area (Å²) in [5.74, 6) is 2.15. The van der Waals surface area contributed by atoms with Crippen LogP contribution in [0, 0.1) is 0 Å². The minimum absolute atomic E-state index is 0.0252. The van der Waals surface area contributed by atoms with Gasteiger partial charge in [-0.25, -0.2) is 0 Å². The van der Waals surface area contributed by atoms with E-state index in [4.69, 9.17) is 0 Å². The van der Waals surface area contributed by atoms with Gasteiger partial charge in [-0.3, -0.25) is 9.59 Å². The molecular weight excluding hydrogens is 236 g/mol. The molecule has 0 saturated carbocycles. The molecule has 0 aromatic rings. The van der Waals surface area contributed by atoms with Crippen molar-refractivity contribution in [3.8, 4) is 0 Å². The second-order valence-corrected chi connectivity index (χ2v) is 5.80. The molecule has 0 radical (unpaired) electrons. The summed E-state index contributed by atoms with van der Waals surface area (Å²) in [5.41, 5.74) is -0.661. The maximum atomic E-state index is 11.9. The molecule has 0 bridgehead atoms. The molecule has 1 unspecified atom stereocenters. The summed E-state index contributed by atoms with van der Waals surface area (Å²) >= 11 is 1.87. The van der Waals surface area contributed by atoms with Gasteiger partial charge in [-0.05, 0) is 31.3 Å². The average Bonchev–Trinajstić information content (AvgIpc) is 2.33. The zero-order chi connectivity index (χ0) is 12.9. The fourth-order valence-corrected chi connectivity index (χ4v) is 2.65. The smallest absolute Gasteiger partial charge is 0.246 e. The number of piperazine rings is 1. The molecule has 4 nitrogen and oxygen atoms in total. The molecule has 0 aromatic carbocycles. The van der Waals surface area contributed by atoms with Gasteiger partial charge in [-0.2, -0.15) is 11.8 Å². The third-order valence-corrected chi connectivity index (χ3v) is 4.33. The molecule has 1 N–H and O–H groups in total. The van der Waals surface area contributed by atoms with Gasteiger partial charge < -0.3 is 10.2 Å². The lowest BCUT2D eigenvalue weighted by Gasteiger charge is -2.43. The number of amides is 2. The fraction of sp³-hybridized carbons (Fsp3) is 0.833. The third-order valence-electron chi connectivity index (χ3n) is 3.35. The highest BCUT2D eigenvalue weighted by Gasteiger charge is 2.43. The van der Waals surface area contributed by atoms with Crippen molar-refractivity contribution in [2.75, 3.05) is 24.6 Å². The van der Waals surface area contributed by atoms with Gasteiger partial charge in [0.05, 0.1) is 6.54 Å². The van der Waals surface area contributed by atoms with Gasteiger partial charge in [0.2, 0.25) is 11.8 Å². The summed E-state index contributed by atoms with van der Waals surface area (Å²) in [4.78, 5) is 25.5. The van der Waals surface area contributed by atoms with E-state index in [1.165, 1.54) is 0 Å². The van der Waals surface area contributed by atoms with Crippen LogP contribution in [-0.4, -0.2) is 46.8 Å². The van der Waals surface area contributed by atoms with Gasteiger partial charge >= 0.3 is 0 Å². The molecule has 98 valence electrons. The quantitative estimate of drug-likeness (QED) is 0.730. The molecule has 1 fully saturated rings. The Balaban J connectivity index is 2.63. The van der Waals surface area contributed by atoms with Gasteiger partial charge in [-0.1, -0.05) is 13.8 Å². The largest absolute Gasteiger partial charge is 0.345 e. The van der Waals surface area contributed by atoms with Crippen molar-refractivity contribution in [1.82, 2.24) is 10.2 Å². The molecule has 1 rings (SSSR count). The van der Waals surface area contributed by atoms with Crippen LogP contribution in [0.5, 0.6) is 0 Å².